The SMILES string of the molecule is Nc1ccccc1N(CC(=O)O)C1CCCOC1. The first kappa shape index (κ1) is 12.7. The highest BCUT2D eigenvalue weighted by Gasteiger charge is 2.24. The summed E-state index contributed by atoms with van der Waals surface area (Å²) in [4.78, 5) is 12.8. The number of hydrogen-bond acceptors (Lipinski definition) is 4. The number of nitrogens with zero attached hydrogens (tertiary/aromatic N) is 1. The summed E-state index contributed by atoms with van der Waals surface area (Å²) in [5.74, 6) is -0.858. The summed E-state index contributed by atoms with van der Waals surface area (Å²) in [6, 6.07) is 7.43. The Morgan fingerprint density at radius 2 is 2.28 bits per heavy atom. The molecule has 2 rings (SSSR count). The van der Waals surface area contributed by atoms with Gasteiger partial charge >= 0.3 is 5.97 Å². The lowest BCUT2D eigenvalue weighted by Crippen LogP contribution is -2.44. The fourth-order valence-electron chi connectivity index (χ4n) is 2.28. The van der Waals surface area contributed by atoms with E-state index in [0.29, 0.717) is 12.3 Å². The van der Waals surface area contributed by atoms with Crippen LogP contribution >= 0.6 is 0 Å². The van der Waals surface area contributed by atoms with Crippen molar-refractivity contribution in [3.63, 3.8) is 0 Å². The van der Waals surface area contributed by atoms with Gasteiger partial charge in [0.15, 0.2) is 0 Å². The number of nitrogens with two attached hydrogens (primary N) is 1. The van der Waals surface area contributed by atoms with Gasteiger partial charge in [-0.3, -0.25) is 4.79 Å². The highest BCUT2D eigenvalue weighted by atomic mass is 16.5. The summed E-state index contributed by atoms with van der Waals surface area (Å²) in [6.45, 7) is 1.26. The van der Waals surface area contributed by atoms with E-state index in [9.17, 15) is 4.79 Å². The Bertz CT molecular complexity index is 416. The van der Waals surface area contributed by atoms with Crippen LogP contribution in [0.5, 0.6) is 0 Å². The van der Waals surface area contributed by atoms with Crippen LogP contribution in [0.15, 0.2) is 24.3 Å². The lowest BCUT2D eigenvalue weighted by atomic mass is 10.1. The average Bonchev–Trinajstić information content (AvgIpc) is 2.38. The Labute approximate surface area is 106 Å². The van der Waals surface area contributed by atoms with Crippen LogP contribution in [0.4, 0.5) is 11.4 Å². The Balaban J connectivity index is 2.24. The first-order valence-electron chi connectivity index (χ1n) is 6.09. The van der Waals surface area contributed by atoms with Gasteiger partial charge in [0.2, 0.25) is 0 Å². The van der Waals surface area contributed by atoms with Crippen molar-refractivity contribution in [2.75, 3.05) is 30.4 Å². The molecule has 0 bridgehead atoms. The number of hydrogen-bond donors (Lipinski definition) is 2. The number of benzene rings is 1. The van der Waals surface area contributed by atoms with Crippen LogP contribution in [0.2, 0.25) is 0 Å². The molecular formula is C13H18N2O3. The van der Waals surface area contributed by atoms with Gasteiger partial charge in [-0.25, -0.2) is 0 Å². The summed E-state index contributed by atoms with van der Waals surface area (Å²) < 4.78 is 5.43. The van der Waals surface area contributed by atoms with E-state index in [1.54, 1.807) is 6.07 Å². The number of carboxylic acids is 1. The maximum atomic E-state index is 11.0. The molecule has 0 aliphatic carbocycles. The summed E-state index contributed by atoms with van der Waals surface area (Å²) >= 11 is 0. The maximum Gasteiger partial charge on any atom is 0.323 e. The number of nitrogen functional groups attached to an aromatic ring is 1. The van der Waals surface area contributed by atoms with Gasteiger partial charge in [-0.1, -0.05) is 12.1 Å². The molecule has 0 saturated carbocycles. The van der Waals surface area contributed by atoms with E-state index < -0.39 is 5.97 Å². The van der Waals surface area contributed by atoms with Crippen molar-refractivity contribution >= 4 is 17.3 Å². The minimum absolute atomic E-state index is 0.0533. The number of aliphatic carboxylic acids is 1. The van der Waals surface area contributed by atoms with Crippen LogP contribution in [0.3, 0.4) is 0 Å². The predicted octanol–water partition coefficient (Wildman–Crippen LogP) is 1.34. The third-order valence-corrected chi connectivity index (χ3v) is 3.13. The molecule has 18 heavy (non-hydrogen) atoms. The number of carbonyl (C=O) groups is 1. The van der Waals surface area contributed by atoms with E-state index in [0.717, 1.165) is 25.1 Å². The van der Waals surface area contributed by atoms with Gasteiger partial charge in [-0.15, -0.1) is 0 Å². The van der Waals surface area contributed by atoms with Crippen molar-refractivity contribution < 1.29 is 14.6 Å². The lowest BCUT2D eigenvalue weighted by Gasteiger charge is -2.35. The zero-order chi connectivity index (χ0) is 13.0. The van der Waals surface area contributed by atoms with Crippen LogP contribution in [0, 0.1) is 0 Å². The largest absolute Gasteiger partial charge is 0.480 e. The number of para-hydroxylation sites is 2. The van der Waals surface area contributed by atoms with Gasteiger partial charge in [-0.05, 0) is 25.0 Å². The third-order valence-electron chi connectivity index (χ3n) is 3.13. The van der Waals surface area contributed by atoms with Gasteiger partial charge in [-0.2, -0.15) is 0 Å². The molecule has 0 amide bonds. The second-order valence-corrected chi connectivity index (χ2v) is 4.45. The van der Waals surface area contributed by atoms with Crippen LogP contribution in [-0.4, -0.2) is 36.9 Å². The quantitative estimate of drug-likeness (QED) is 0.789. The van der Waals surface area contributed by atoms with Crippen molar-refractivity contribution in [1.29, 1.82) is 0 Å². The molecule has 3 N–H and O–H groups in total. The molecule has 1 fully saturated rings. The standard InChI is InChI=1S/C13H18N2O3/c14-11-5-1-2-6-12(11)15(8-13(16)17)10-4-3-7-18-9-10/h1-2,5-6,10H,3-4,7-9,14H2,(H,16,17). The van der Waals surface area contributed by atoms with Crippen molar-refractivity contribution in [2.45, 2.75) is 18.9 Å². The Kier molecular flexibility index (Phi) is 4.04. The number of anilines is 2. The van der Waals surface area contributed by atoms with Crippen LogP contribution in [0.1, 0.15) is 12.8 Å². The van der Waals surface area contributed by atoms with Gasteiger partial charge in [0, 0.05) is 6.61 Å². The predicted molar refractivity (Wildman–Crippen MR) is 69.7 cm³/mol. The molecule has 0 radical (unpaired) electrons. The first-order valence-corrected chi connectivity index (χ1v) is 6.09. The molecule has 1 aliphatic rings. The summed E-state index contributed by atoms with van der Waals surface area (Å²) in [7, 11) is 0. The maximum absolute atomic E-state index is 11.0. The Hall–Kier alpha value is -1.75. The van der Waals surface area contributed by atoms with Crippen LogP contribution in [0.25, 0.3) is 0 Å². The van der Waals surface area contributed by atoms with Crippen molar-refractivity contribution in [1.82, 2.24) is 0 Å². The molecule has 1 aromatic carbocycles. The minimum atomic E-state index is -0.858. The molecule has 1 unspecified atom stereocenters. The smallest absolute Gasteiger partial charge is 0.323 e. The first-order chi connectivity index (χ1) is 8.68. The van der Waals surface area contributed by atoms with Gasteiger partial charge in [0.25, 0.3) is 0 Å². The monoisotopic (exact) mass is 250 g/mol. The fraction of sp³-hybridized carbons (Fsp3) is 0.462. The molecule has 1 saturated heterocycles. The molecule has 0 aromatic heterocycles. The summed E-state index contributed by atoms with van der Waals surface area (Å²) in [5.41, 5.74) is 7.30. The number of rotatable bonds is 4. The second kappa shape index (κ2) is 5.73. The van der Waals surface area contributed by atoms with Crippen molar-refractivity contribution in [3.8, 4) is 0 Å². The van der Waals surface area contributed by atoms with Crippen LogP contribution in [-0.2, 0) is 9.53 Å². The molecule has 0 spiro atoms. The van der Waals surface area contributed by atoms with E-state index in [4.69, 9.17) is 15.6 Å². The summed E-state index contributed by atoms with van der Waals surface area (Å²) in [5, 5.41) is 9.04. The van der Waals surface area contributed by atoms with Gasteiger partial charge < -0.3 is 20.5 Å². The summed E-state index contributed by atoms with van der Waals surface area (Å²) in [6.07, 6.45) is 1.88. The molecule has 5 nitrogen and oxygen atoms in total. The number of ether oxygens (including phenoxy) is 1. The lowest BCUT2D eigenvalue weighted by molar-refractivity contribution is -0.135. The van der Waals surface area contributed by atoms with Gasteiger partial charge in [0.05, 0.1) is 24.0 Å². The second-order valence-electron chi connectivity index (χ2n) is 4.45. The Morgan fingerprint density at radius 3 is 2.89 bits per heavy atom. The van der Waals surface area contributed by atoms with E-state index in [2.05, 4.69) is 0 Å². The molecule has 1 aromatic rings. The van der Waals surface area contributed by atoms with Gasteiger partial charge in [0.1, 0.15) is 6.54 Å². The molecule has 98 valence electrons. The normalized spacial score (nSPS) is 19.4. The highest BCUT2D eigenvalue weighted by molar-refractivity contribution is 5.77. The van der Waals surface area contributed by atoms with E-state index in [1.165, 1.54) is 0 Å². The molecule has 1 atom stereocenters. The number of carboxylic acid groups (broad SMARTS) is 1. The molecule has 5 heteroatoms. The van der Waals surface area contributed by atoms with Crippen molar-refractivity contribution in [2.24, 2.45) is 0 Å². The Morgan fingerprint density at radius 1 is 1.50 bits per heavy atom. The zero-order valence-corrected chi connectivity index (χ0v) is 10.2. The minimum Gasteiger partial charge on any atom is -0.480 e. The topological polar surface area (TPSA) is 75.8 Å². The van der Waals surface area contributed by atoms with E-state index in [-0.39, 0.29) is 12.6 Å². The van der Waals surface area contributed by atoms with Crippen LogP contribution < -0.4 is 10.6 Å². The molecule has 1 aliphatic heterocycles. The molecule has 1 heterocycles. The molecular weight excluding hydrogens is 232 g/mol. The zero-order valence-electron chi connectivity index (χ0n) is 10.2. The van der Waals surface area contributed by atoms with Crippen molar-refractivity contribution in [3.05, 3.63) is 24.3 Å². The fourth-order valence-corrected chi connectivity index (χ4v) is 2.28. The third kappa shape index (κ3) is 2.92. The highest BCUT2D eigenvalue weighted by Crippen LogP contribution is 2.27. The van der Waals surface area contributed by atoms with E-state index in [1.807, 2.05) is 23.1 Å². The average molecular weight is 250 g/mol. The van der Waals surface area contributed by atoms with E-state index >= 15 is 0 Å².